The number of anilines is 1. The number of ether oxygens (including phenoxy) is 1. The summed E-state index contributed by atoms with van der Waals surface area (Å²) in [5.41, 5.74) is 0.461. The molecule has 0 aliphatic rings. The van der Waals surface area contributed by atoms with Crippen LogP contribution in [0, 0.1) is 0 Å². The molecule has 1 heterocycles. The first-order chi connectivity index (χ1) is 16.9. The summed E-state index contributed by atoms with van der Waals surface area (Å²) in [5.74, 6) is 0.0799. The number of hydrogen-bond acceptors (Lipinski definition) is 5. The number of carbonyl (C=O) groups excluding carboxylic acids is 2. The first kappa shape index (κ1) is 24.9. The number of nitrogens with zero attached hydrogens (tertiary/aromatic N) is 1. The summed E-state index contributed by atoms with van der Waals surface area (Å²) in [5, 5.41) is 5.81. The number of aromatic nitrogens is 1. The molecule has 1 aromatic heterocycles. The molecule has 0 radical (unpaired) electrons. The van der Waals surface area contributed by atoms with Gasteiger partial charge in [0.2, 0.25) is 5.88 Å². The van der Waals surface area contributed by atoms with Gasteiger partial charge in [-0.05, 0) is 66.7 Å². The number of urea groups is 1. The number of nitrogens with one attached hydrogen (secondary N) is 2. The zero-order valence-electron chi connectivity index (χ0n) is 17.8. The smallest absolute Gasteiger partial charge is 0.326 e. The third-order valence-corrected chi connectivity index (χ3v) is 6.37. The quantitative estimate of drug-likeness (QED) is 0.257. The molecule has 4 rings (SSSR count). The fourth-order valence-electron chi connectivity index (χ4n) is 2.87. The van der Waals surface area contributed by atoms with Gasteiger partial charge >= 0.3 is 6.03 Å². The topological polar surface area (TPSA) is 80.3 Å². The van der Waals surface area contributed by atoms with Crippen LogP contribution in [0.5, 0.6) is 11.6 Å². The monoisotopic (exact) mass is 543 g/mol. The van der Waals surface area contributed by atoms with Crippen molar-refractivity contribution in [3.05, 3.63) is 106 Å². The number of rotatable bonds is 6. The molecule has 3 amide bonds. The summed E-state index contributed by atoms with van der Waals surface area (Å²) < 4.78 is 5.76. The Balaban J connectivity index is 1.34. The lowest BCUT2D eigenvalue weighted by molar-refractivity contribution is 0.0967. The summed E-state index contributed by atoms with van der Waals surface area (Å²) in [6, 6.07) is 22.1. The highest BCUT2D eigenvalue weighted by Crippen LogP contribution is 2.33. The van der Waals surface area contributed by atoms with E-state index in [2.05, 4.69) is 15.6 Å². The van der Waals surface area contributed by atoms with E-state index < -0.39 is 11.9 Å². The van der Waals surface area contributed by atoms with Crippen LogP contribution in [0.2, 0.25) is 15.1 Å². The second kappa shape index (κ2) is 11.5. The van der Waals surface area contributed by atoms with Gasteiger partial charge in [0.1, 0.15) is 10.8 Å². The van der Waals surface area contributed by atoms with Crippen LogP contribution in [-0.4, -0.2) is 16.9 Å². The van der Waals surface area contributed by atoms with Gasteiger partial charge in [-0.2, -0.15) is 0 Å². The van der Waals surface area contributed by atoms with Crippen LogP contribution in [0.1, 0.15) is 10.4 Å². The lowest BCUT2D eigenvalue weighted by Crippen LogP contribution is -2.34. The van der Waals surface area contributed by atoms with E-state index in [1.165, 1.54) is 18.3 Å². The van der Waals surface area contributed by atoms with Crippen LogP contribution in [0.3, 0.4) is 0 Å². The minimum Gasteiger partial charge on any atom is -0.438 e. The van der Waals surface area contributed by atoms with Gasteiger partial charge in [-0.15, -0.1) is 0 Å². The van der Waals surface area contributed by atoms with E-state index in [0.717, 1.165) is 9.79 Å². The highest BCUT2D eigenvalue weighted by Gasteiger charge is 2.14. The van der Waals surface area contributed by atoms with Gasteiger partial charge in [-0.3, -0.25) is 10.1 Å². The van der Waals surface area contributed by atoms with Gasteiger partial charge in [0.05, 0.1) is 22.5 Å². The van der Waals surface area contributed by atoms with Crippen molar-refractivity contribution in [2.24, 2.45) is 0 Å². The number of benzene rings is 3. The highest BCUT2D eigenvalue weighted by molar-refractivity contribution is 7.99. The number of amides is 3. The largest absolute Gasteiger partial charge is 0.438 e. The molecule has 0 saturated carbocycles. The third-order valence-electron chi connectivity index (χ3n) is 4.50. The van der Waals surface area contributed by atoms with E-state index in [9.17, 15) is 9.59 Å². The second-order valence-corrected chi connectivity index (χ2v) is 9.43. The normalized spacial score (nSPS) is 10.5. The van der Waals surface area contributed by atoms with E-state index in [1.54, 1.807) is 42.1 Å². The molecule has 0 spiro atoms. The Bertz CT molecular complexity index is 1370. The maximum Gasteiger partial charge on any atom is 0.326 e. The second-order valence-electron chi connectivity index (χ2n) is 7.03. The molecule has 0 unspecified atom stereocenters. The molecule has 0 bridgehead atoms. The van der Waals surface area contributed by atoms with Crippen molar-refractivity contribution in [2.75, 3.05) is 5.32 Å². The first-order valence-electron chi connectivity index (χ1n) is 10.1. The molecule has 0 aliphatic carbocycles. The summed E-state index contributed by atoms with van der Waals surface area (Å²) in [6.07, 6.45) is 1.37. The van der Waals surface area contributed by atoms with Crippen LogP contribution in [0.15, 0.2) is 94.9 Å². The molecule has 4 aromatic rings. The van der Waals surface area contributed by atoms with Crippen molar-refractivity contribution in [1.29, 1.82) is 0 Å². The zero-order valence-corrected chi connectivity index (χ0v) is 20.9. The maximum absolute atomic E-state index is 12.2. The third kappa shape index (κ3) is 6.90. The Hall–Kier alpha value is -3.23. The highest BCUT2D eigenvalue weighted by atomic mass is 35.5. The van der Waals surface area contributed by atoms with Crippen molar-refractivity contribution in [2.45, 2.75) is 9.79 Å². The fraction of sp³-hybridized carbons (Fsp3) is 0. The van der Waals surface area contributed by atoms with Crippen LogP contribution in [0.4, 0.5) is 10.5 Å². The standard InChI is InChI=1S/C25H16Cl3N3O3S/c26-15-5-9-18(10-6-15)35-19-11-7-17(8-12-19)34-24-22(28)13-16(14-29-24)30-25(33)31-23(32)20-3-1-2-4-21(20)27/h1-14H,(H2,30,31,32,33). The SMILES string of the molecule is O=C(NC(=O)c1ccccc1Cl)Nc1cnc(Oc2ccc(Sc3ccc(Cl)cc3)cc2)c(Cl)c1. The van der Waals surface area contributed by atoms with E-state index in [-0.39, 0.29) is 27.2 Å². The van der Waals surface area contributed by atoms with Gasteiger partial charge in [-0.25, -0.2) is 9.78 Å². The molecule has 0 fully saturated rings. The van der Waals surface area contributed by atoms with Crippen molar-refractivity contribution in [3.63, 3.8) is 0 Å². The Morgan fingerprint density at radius 1 is 0.829 bits per heavy atom. The van der Waals surface area contributed by atoms with Gasteiger partial charge in [0.15, 0.2) is 0 Å². The number of imide groups is 1. The predicted molar refractivity (Wildman–Crippen MR) is 139 cm³/mol. The molecule has 3 aromatic carbocycles. The van der Waals surface area contributed by atoms with Crippen LogP contribution >= 0.6 is 46.6 Å². The Kier molecular flexibility index (Phi) is 8.15. The predicted octanol–water partition coefficient (Wildman–Crippen LogP) is 7.95. The van der Waals surface area contributed by atoms with Crippen molar-refractivity contribution >= 4 is 64.2 Å². The van der Waals surface area contributed by atoms with Gasteiger partial charge in [0, 0.05) is 14.8 Å². The zero-order chi connectivity index (χ0) is 24.8. The molecule has 0 atom stereocenters. The molecule has 10 heteroatoms. The molecule has 35 heavy (non-hydrogen) atoms. The molecule has 0 saturated heterocycles. The van der Waals surface area contributed by atoms with E-state index in [0.29, 0.717) is 10.8 Å². The van der Waals surface area contributed by atoms with Gasteiger partial charge < -0.3 is 10.1 Å². The molecule has 6 nitrogen and oxygen atoms in total. The van der Waals surface area contributed by atoms with Crippen molar-refractivity contribution < 1.29 is 14.3 Å². The van der Waals surface area contributed by atoms with Gasteiger partial charge in [-0.1, -0.05) is 58.7 Å². The number of pyridine rings is 1. The van der Waals surface area contributed by atoms with Crippen molar-refractivity contribution in [3.8, 4) is 11.6 Å². The lowest BCUT2D eigenvalue weighted by Gasteiger charge is -2.10. The lowest BCUT2D eigenvalue weighted by atomic mass is 10.2. The maximum atomic E-state index is 12.2. The average molecular weight is 545 g/mol. The Morgan fingerprint density at radius 3 is 2.14 bits per heavy atom. The van der Waals surface area contributed by atoms with E-state index >= 15 is 0 Å². The summed E-state index contributed by atoms with van der Waals surface area (Å²) in [4.78, 5) is 30.6. The Labute approximate surface area is 220 Å². The summed E-state index contributed by atoms with van der Waals surface area (Å²) in [6.45, 7) is 0. The number of carbonyl (C=O) groups is 2. The van der Waals surface area contributed by atoms with E-state index in [1.807, 2.05) is 36.4 Å². The molecule has 176 valence electrons. The van der Waals surface area contributed by atoms with E-state index in [4.69, 9.17) is 39.5 Å². The van der Waals surface area contributed by atoms with Crippen LogP contribution in [0.25, 0.3) is 0 Å². The molecule has 0 aliphatic heterocycles. The van der Waals surface area contributed by atoms with Gasteiger partial charge in [0.25, 0.3) is 5.91 Å². The first-order valence-corrected chi connectivity index (χ1v) is 12.1. The minimum atomic E-state index is -0.754. The Morgan fingerprint density at radius 2 is 1.49 bits per heavy atom. The summed E-state index contributed by atoms with van der Waals surface area (Å²) in [7, 11) is 0. The number of hydrogen-bond donors (Lipinski definition) is 2. The molecular weight excluding hydrogens is 529 g/mol. The number of halogens is 3. The summed E-state index contributed by atoms with van der Waals surface area (Å²) >= 11 is 19.8. The van der Waals surface area contributed by atoms with Crippen LogP contribution < -0.4 is 15.4 Å². The van der Waals surface area contributed by atoms with Crippen LogP contribution in [-0.2, 0) is 0 Å². The molecular formula is C25H16Cl3N3O3S. The fourth-order valence-corrected chi connectivity index (χ4v) is 4.24. The molecule has 2 N–H and O–H groups in total. The average Bonchev–Trinajstić information content (AvgIpc) is 2.83. The van der Waals surface area contributed by atoms with Crippen molar-refractivity contribution in [1.82, 2.24) is 10.3 Å². The minimum absolute atomic E-state index is 0.169.